The first-order valence-corrected chi connectivity index (χ1v) is 7.85. The van der Waals surface area contributed by atoms with Crippen LogP contribution in [-0.2, 0) is 13.0 Å². The van der Waals surface area contributed by atoms with Crippen LogP contribution in [0.4, 0.5) is 0 Å². The van der Waals surface area contributed by atoms with Crippen LogP contribution in [0.2, 0.25) is 0 Å². The fourth-order valence-electron chi connectivity index (χ4n) is 1.93. The number of halogens is 1. The third kappa shape index (κ3) is 4.87. The van der Waals surface area contributed by atoms with Gasteiger partial charge in [-0.3, -0.25) is 0 Å². The van der Waals surface area contributed by atoms with E-state index in [1.54, 1.807) is 11.3 Å². The Bertz CT molecular complexity index is 456. The Morgan fingerprint density at radius 1 is 1.50 bits per heavy atom. The highest BCUT2D eigenvalue weighted by Gasteiger charge is 2.46. The normalized spacial score (nSPS) is 20.2. The zero-order valence-electron chi connectivity index (χ0n) is 12.7. The summed E-state index contributed by atoms with van der Waals surface area (Å²) in [7, 11) is 0. The van der Waals surface area contributed by atoms with Gasteiger partial charge in [-0.2, -0.15) is 0 Å². The number of nitrogens with zero attached hydrogens (tertiary/aromatic N) is 2. The van der Waals surface area contributed by atoms with E-state index in [9.17, 15) is 0 Å². The Morgan fingerprint density at radius 2 is 2.20 bits per heavy atom. The molecule has 0 aliphatic heterocycles. The molecule has 1 aliphatic carbocycles. The molecular weight excluding hydrogens is 383 g/mol. The molecule has 0 bridgehead atoms. The monoisotopic (exact) mass is 408 g/mol. The summed E-state index contributed by atoms with van der Waals surface area (Å²) in [5.74, 6) is 0.909. The van der Waals surface area contributed by atoms with E-state index in [1.165, 1.54) is 11.3 Å². The molecule has 0 amide bonds. The number of aromatic nitrogens is 1. The van der Waals surface area contributed by atoms with Crippen molar-refractivity contribution < 1.29 is 0 Å². The minimum Gasteiger partial charge on any atom is -0.357 e. The third-order valence-corrected chi connectivity index (χ3v) is 4.62. The standard InChI is InChI=1S/C14H24N4S.HI/c1-5-10-8-16-12(19-10)9-17-13(15-6-2)18-11-7-14(11,3)4;/h8,11H,5-7,9H2,1-4H3,(H2,15,17,18);1H. The van der Waals surface area contributed by atoms with Crippen LogP contribution in [0, 0.1) is 5.41 Å². The summed E-state index contributed by atoms with van der Waals surface area (Å²) in [6, 6.07) is 0.549. The number of aliphatic imine (C=N–C) groups is 1. The molecule has 20 heavy (non-hydrogen) atoms. The maximum Gasteiger partial charge on any atom is 0.191 e. The number of hydrogen-bond acceptors (Lipinski definition) is 3. The first-order chi connectivity index (χ1) is 9.05. The lowest BCUT2D eigenvalue weighted by atomic mass is 10.2. The van der Waals surface area contributed by atoms with Crippen molar-refractivity contribution >= 4 is 41.3 Å². The van der Waals surface area contributed by atoms with Crippen LogP contribution >= 0.6 is 35.3 Å². The van der Waals surface area contributed by atoms with Gasteiger partial charge in [0.15, 0.2) is 5.96 Å². The fourth-order valence-corrected chi connectivity index (χ4v) is 2.72. The van der Waals surface area contributed by atoms with Crippen LogP contribution in [0.25, 0.3) is 0 Å². The number of thiazole rings is 1. The Labute approximate surface area is 142 Å². The smallest absolute Gasteiger partial charge is 0.191 e. The van der Waals surface area contributed by atoms with E-state index < -0.39 is 0 Å². The van der Waals surface area contributed by atoms with Gasteiger partial charge in [-0.05, 0) is 25.2 Å². The van der Waals surface area contributed by atoms with Gasteiger partial charge in [-0.25, -0.2) is 9.98 Å². The van der Waals surface area contributed by atoms with E-state index in [0.717, 1.165) is 23.9 Å². The average Bonchev–Trinajstić information content (AvgIpc) is 2.79. The zero-order chi connectivity index (χ0) is 13.9. The molecule has 0 radical (unpaired) electrons. The Balaban J connectivity index is 0.00000200. The highest BCUT2D eigenvalue weighted by Crippen LogP contribution is 2.44. The molecule has 1 heterocycles. The predicted molar refractivity (Wildman–Crippen MR) is 97.0 cm³/mol. The van der Waals surface area contributed by atoms with Crippen LogP contribution in [0.3, 0.4) is 0 Å². The van der Waals surface area contributed by atoms with Gasteiger partial charge >= 0.3 is 0 Å². The number of aryl methyl sites for hydroxylation is 1. The van der Waals surface area contributed by atoms with E-state index in [4.69, 9.17) is 0 Å². The second-order valence-electron chi connectivity index (χ2n) is 5.66. The SMILES string of the molecule is CCNC(=NCc1ncc(CC)s1)NC1CC1(C)C.I. The van der Waals surface area contributed by atoms with Crippen LogP contribution in [0.1, 0.15) is 44.0 Å². The number of hydrogen-bond donors (Lipinski definition) is 2. The average molecular weight is 408 g/mol. The van der Waals surface area contributed by atoms with E-state index in [1.807, 2.05) is 6.20 Å². The Morgan fingerprint density at radius 3 is 2.70 bits per heavy atom. The van der Waals surface area contributed by atoms with Crippen molar-refractivity contribution in [3.63, 3.8) is 0 Å². The van der Waals surface area contributed by atoms with Gasteiger partial charge in [-0.1, -0.05) is 20.8 Å². The molecule has 1 aliphatic rings. The van der Waals surface area contributed by atoms with Crippen molar-refractivity contribution in [2.24, 2.45) is 10.4 Å². The van der Waals surface area contributed by atoms with Crippen molar-refractivity contribution in [2.75, 3.05) is 6.54 Å². The van der Waals surface area contributed by atoms with Crippen molar-refractivity contribution in [2.45, 2.75) is 53.1 Å². The van der Waals surface area contributed by atoms with Crippen molar-refractivity contribution in [1.82, 2.24) is 15.6 Å². The minimum atomic E-state index is 0. The molecule has 4 nitrogen and oxygen atoms in total. The fraction of sp³-hybridized carbons (Fsp3) is 0.714. The molecule has 1 atom stereocenters. The molecule has 1 aromatic rings. The van der Waals surface area contributed by atoms with Gasteiger partial charge in [0.2, 0.25) is 0 Å². The summed E-state index contributed by atoms with van der Waals surface area (Å²) in [4.78, 5) is 10.3. The Hall–Kier alpha value is -0.370. The van der Waals surface area contributed by atoms with Gasteiger partial charge in [0.25, 0.3) is 0 Å². The molecule has 0 saturated heterocycles. The number of guanidine groups is 1. The molecule has 6 heteroatoms. The summed E-state index contributed by atoms with van der Waals surface area (Å²) in [6.45, 7) is 10.4. The number of nitrogens with one attached hydrogen (secondary N) is 2. The minimum absolute atomic E-state index is 0. The lowest BCUT2D eigenvalue weighted by Gasteiger charge is -2.12. The van der Waals surface area contributed by atoms with Gasteiger partial charge in [0.05, 0.1) is 6.54 Å². The van der Waals surface area contributed by atoms with Crippen LogP contribution in [0.15, 0.2) is 11.2 Å². The summed E-state index contributed by atoms with van der Waals surface area (Å²) in [6.07, 6.45) is 4.23. The first kappa shape index (κ1) is 17.7. The van der Waals surface area contributed by atoms with E-state index in [2.05, 4.69) is 48.3 Å². The summed E-state index contributed by atoms with van der Waals surface area (Å²) in [5.41, 5.74) is 0.409. The van der Waals surface area contributed by atoms with Crippen LogP contribution < -0.4 is 10.6 Å². The second kappa shape index (κ2) is 7.59. The molecule has 1 saturated carbocycles. The van der Waals surface area contributed by atoms with Crippen molar-refractivity contribution in [3.05, 3.63) is 16.1 Å². The molecule has 0 spiro atoms. The summed E-state index contributed by atoms with van der Waals surface area (Å²) >= 11 is 1.75. The lowest BCUT2D eigenvalue weighted by molar-refractivity contribution is 0.589. The highest BCUT2D eigenvalue weighted by atomic mass is 127. The summed E-state index contributed by atoms with van der Waals surface area (Å²) < 4.78 is 0. The molecule has 114 valence electrons. The lowest BCUT2D eigenvalue weighted by Crippen LogP contribution is -2.39. The van der Waals surface area contributed by atoms with Gasteiger partial charge in [-0.15, -0.1) is 35.3 Å². The Kier molecular flexibility index (Phi) is 6.71. The van der Waals surface area contributed by atoms with Crippen molar-refractivity contribution in [1.29, 1.82) is 0 Å². The molecule has 1 unspecified atom stereocenters. The van der Waals surface area contributed by atoms with Crippen molar-refractivity contribution in [3.8, 4) is 0 Å². The summed E-state index contributed by atoms with van der Waals surface area (Å²) in [5, 5.41) is 7.87. The molecule has 2 N–H and O–H groups in total. The number of rotatable bonds is 5. The van der Waals surface area contributed by atoms with Crippen LogP contribution in [0.5, 0.6) is 0 Å². The van der Waals surface area contributed by atoms with E-state index in [0.29, 0.717) is 18.0 Å². The molecule has 0 aromatic carbocycles. The molecule has 1 fully saturated rings. The van der Waals surface area contributed by atoms with E-state index >= 15 is 0 Å². The van der Waals surface area contributed by atoms with Gasteiger partial charge in [0.1, 0.15) is 5.01 Å². The van der Waals surface area contributed by atoms with Gasteiger partial charge < -0.3 is 10.6 Å². The predicted octanol–water partition coefficient (Wildman–Crippen LogP) is 3.18. The highest BCUT2D eigenvalue weighted by molar-refractivity contribution is 14.0. The van der Waals surface area contributed by atoms with Gasteiger partial charge in [0, 0.05) is 23.7 Å². The maximum absolute atomic E-state index is 4.62. The molecule has 1 aromatic heterocycles. The maximum atomic E-state index is 4.62. The third-order valence-electron chi connectivity index (χ3n) is 3.49. The van der Waals surface area contributed by atoms with E-state index in [-0.39, 0.29) is 24.0 Å². The van der Waals surface area contributed by atoms with Crippen LogP contribution in [-0.4, -0.2) is 23.5 Å². The topological polar surface area (TPSA) is 49.3 Å². The zero-order valence-corrected chi connectivity index (χ0v) is 15.8. The second-order valence-corrected chi connectivity index (χ2v) is 6.86. The largest absolute Gasteiger partial charge is 0.357 e. The molecular formula is C14H25IN4S. The molecule has 2 rings (SSSR count). The quantitative estimate of drug-likeness (QED) is 0.447. The first-order valence-electron chi connectivity index (χ1n) is 7.03.